The lowest BCUT2D eigenvalue weighted by molar-refractivity contribution is -0.117. The van der Waals surface area contributed by atoms with Crippen molar-refractivity contribution in [3.63, 3.8) is 0 Å². The number of carbonyl (C=O) groups excluding carboxylic acids is 1. The van der Waals surface area contributed by atoms with E-state index in [0.29, 0.717) is 5.71 Å². The minimum atomic E-state index is 0.649. The van der Waals surface area contributed by atoms with Crippen molar-refractivity contribution >= 4 is 18.2 Å². The zero-order valence-electron chi connectivity index (χ0n) is 15.8. The molecule has 0 saturated carbocycles. The Bertz CT molecular complexity index is 855. The van der Waals surface area contributed by atoms with Gasteiger partial charge >= 0.3 is 0 Å². The van der Waals surface area contributed by atoms with Crippen LogP contribution in [0.3, 0.4) is 0 Å². The molecule has 0 aromatic heterocycles. The predicted octanol–water partition coefficient (Wildman–Crippen LogP) is 4.95. The molecule has 0 bridgehead atoms. The molecule has 1 N–H and O–H groups in total. The summed E-state index contributed by atoms with van der Waals surface area (Å²) in [5, 5.41) is 13.0. The van der Waals surface area contributed by atoms with E-state index in [1.807, 2.05) is 25.2 Å². The Balaban J connectivity index is 1.54. The van der Waals surface area contributed by atoms with Gasteiger partial charge < -0.3 is 10.1 Å². The van der Waals surface area contributed by atoms with Crippen molar-refractivity contribution in [1.29, 1.82) is 0 Å². The maximum atomic E-state index is 10.5. The third kappa shape index (κ3) is 4.45. The number of amides is 1. The maximum absolute atomic E-state index is 10.5. The molecule has 0 unspecified atom stereocenters. The summed E-state index contributed by atoms with van der Waals surface area (Å²) in [6.07, 6.45) is 10.8. The number of fused-ring (bicyclic) bond motifs is 3. The molecule has 2 aromatic rings. The quantitative estimate of drug-likeness (QED) is 0.253. The highest BCUT2D eigenvalue weighted by atomic mass is 16.4. The van der Waals surface area contributed by atoms with E-state index in [0.717, 1.165) is 66.5 Å². The van der Waals surface area contributed by atoms with Crippen molar-refractivity contribution in [3.8, 4) is 11.1 Å². The molecular weight excluding hydrogens is 336 g/mol. The Hall–Kier alpha value is -2.88. The smallest absolute Gasteiger partial charge is 0.209 e. The molecule has 1 amide bonds. The highest BCUT2D eigenvalue weighted by molar-refractivity contribution is 6.24. The molecule has 4 heteroatoms. The van der Waals surface area contributed by atoms with Gasteiger partial charge in [0.1, 0.15) is 5.71 Å². The van der Waals surface area contributed by atoms with Crippen LogP contribution >= 0.6 is 0 Å². The Morgan fingerprint density at radius 3 is 2.48 bits per heavy atom. The molecule has 1 aliphatic rings. The lowest BCUT2D eigenvalue weighted by Crippen LogP contribution is -2.16. The molecule has 27 heavy (non-hydrogen) atoms. The van der Waals surface area contributed by atoms with Crippen molar-refractivity contribution in [1.82, 2.24) is 4.90 Å². The van der Waals surface area contributed by atoms with Gasteiger partial charge in [0.2, 0.25) is 6.41 Å². The zero-order valence-corrected chi connectivity index (χ0v) is 15.8. The fraction of sp³-hybridized carbons (Fsp3) is 0.304. The van der Waals surface area contributed by atoms with Crippen LogP contribution < -0.4 is 0 Å². The zero-order chi connectivity index (χ0) is 19.1. The van der Waals surface area contributed by atoms with Gasteiger partial charge in [-0.15, -0.1) is 0 Å². The van der Waals surface area contributed by atoms with Crippen LogP contribution in [0.15, 0.2) is 53.7 Å². The summed E-state index contributed by atoms with van der Waals surface area (Å²) >= 11 is 0. The molecule has 0 spiro atoms. The first-order valence-corrected chi connectivity index (χ1v) is 9.53. The van der Waals surface area contributed by atoms with E-state index in [2.05, 4.69) is 41.6 Å². The van der Waals surface area contributed by atoms with Gasteiger partial charge in [-0.3, -0.25) is 4.79 Å². The number of allylic oxidation sites excluding steroid dienone is 1. The van der Waals surface area contributed by atoms with Gasteiger partial charge in [-0.1, -0.05) is 66.5 Å². The average Bonchev–Trinajstić information content (AvgIpc) is 3.02. The van der Waals surface area contributed by atoms with Crippen LogP contribution in [0.1, 0.15) is 48.8 Å². The number of nitrogens with zero attached hydrogens (tertiary/aromatic N) is 2. The van der Waals surface area contributed by atoms with Crippen LogP contribution in [0.2, 0.25) is 0 Å². The lowest BCUT2D eigenvalue weighted by Gasteiger charge is -2.09. The second-order valence-corrected chi connectivity index (χ2v) is 6.99. The van der Waals surface area contributed by atoms with E-state index >= 15 is 0 Å². The molecule has 140 valence electrons. The molecule has 1 aliphatic carbocycles. The molecule has 3 rings (SSSR count). The summed E-state index contributed by atoms with van der Waals surface area (Å²) in [4.78, 5) is 12.2. The number of hydrogen-bond acceptors (Lipinski definition) is 3. The second kappa shape index (κ2) is 9.17. The number of unbranched alkanes of at least 4 members (excludes halogenated alkanes) is 4. The van der Waals surface area contributed by atoms with Crippen molar-refractivity contribution < 1.29 is 10.0 Å². The van der Waals surface area contributed by atoms with E-state index in [4.69, 9.17) is 0 Å². The van der Waals surface area contributed by atoms with Crippen molar-refractivity contribution in [2.75, 3.05) is 13.6 Å². The first-order chi connectivity index (χ1) is 13.2. The number of rotatable bonds is 9. The number of benzene rings is 2. The normalized spacial score (nSPS) is 13.7. The fourth-order valence-electron chi connectivity index (χ4n) is 3.52. The van der Waals surface area contributed by atoms with Gasteiger partial charge in [0.05, 0.1) is 0 Å². The van der Waals surface area contributed by atoms with Crippen LogP contribution in [-0.4, -0.2) is 35.8 Å². The molecular formula is C23H26N2O2. The first-order valence-electron chi connectivity index (χ1n) is 9.53. The minimum absolute atomic E-state index is 0.649. The molecule has 0 heterocycles. The topological polar surface area (TPSA) is 52.9 Å². The SMILES string of the molecule is CN(C=O)CCCCCC/C=C/c1ccc2c(c1)/C(=N\O)c1ccccc1-2. The standard InChI is InChI=1S/C23H26N2O2/c1-25(17-26)15-9-5-3-2-4-6-10-18-13-14-20-19-11-7-8-12-21(19)23(24-27)22(20)16-18/h6-8,10-14,16-17,27H,2-5,9,15H2,1H3/b10-6+,24-23-. The molecule has 0 atom stereocenters. The van der Waals surface area contributed by atoms with E-state index in [-0.39, 0.29) is 0 Å². The first kappa shape index (κ1) is 18.9. The van der Waals surface area contributed by atoms with Crippen LogP contribution in [-0.2, 0) is 4.79 Å². The van der Waals surface area contributed by atoms with Crippen LogP contribution in [0, 0.1) is 0 Å². The van der Waals surface area contributed by atoms with E-state index in [1.165, 1.54) is 6.42 Å². The number of carbonyl (C=O) groups is 1. The van der Waals surface area contributed by atoms with Crippen LogP contribution in [0.5, 0.6) is 0 Å². The summed E-state index contributed by atoms with van der Waals surface area (Å²) in [7, 11) is 1.82. The number of oxime groups is 1. The predicted molar refractivity (Wildman–Crippen MR) is 110 cm³/mol. The van der Waals surface area contributed by atoms with E-state index in [1.54, 1.807) is 4.90 Å². The summed E-state index contributed by atoms with van der Waals surface area (Å²) in [5.74, 6) is 0. The molecule has 0 aliphatic heterocycles. The molecule has 4 nitrogen and oxygen atoms in total. The van der Waals surface area contributed by atoms with Crippen LogP contribution in [0.4, 0.5) is 0 Å². The minimum Gasteiger partial charge on any atom is -0.410 e. The van der Waals surface area contributed by atoms with Crippen molar-refractivity contribution in [3.05, 3.63) is 65.2 Å². The maximum Gasteiger partial charge on any atom is 0.209 e. The van der Waals surface area contributed by atoms with Gasteiger partial charge in [0.15, 0.2) is 0 Å². The average molecular weight is 362 g/mol. The Labute approximate surface area is 160 Å². The third-order valence-electron chi connectivity index (χ3n) is 4.99. The highest BCUT2D eigenvalue weighted by Gasteiger charge is 2.24. The van der Waals surface area contributed by atoms with E-state index < -0.39 is 0 Å². The van der Waals surface area contributed by atoms with Gasteiger partial charge in [0, 0.05) is 24.7 Å². The van der Waals surface area contributed by atoms with Crippen LogP contribution in [0.25, 0.3) is 17.2 Å². The van der Waals surface area contributed by atoms with Gasteiger partial charge in [-0.05, 0) is 42.0 Å². The third-order valence-corrected chi connectivity index (χ3v) is 4.99. The Morgan fingerprint density at radius 1 is 0.963 bits per heavy atom. The monoisotopic (exact) mass is 362 g/mol. The molecule has 2 aromatic carbocycles. The van der Waals surface area contributed by atoms with Crippen molar-refractivity contribution in [2.24, 2.45) is 5.16 Å². The number of hydrogen-bond donors (Lipinski definition) is 1. The lowest BCUT2D eigenvalue weighted by atomic mass is 10.0. The summed E-state index contributed by atoms with van der Waals surface area (Å²) in [6, 6.07) is 14.3. The summed E-state index contributed by atoms with van der Waals surface area (Å²) < 4.78 is 0. The highest BCUT2D eigenvalue weighted by Crippen LogP contribution is 2.37. The summed E-state index contributed by atoms with van der Waals surface area (Å²) in [5.41, 5.74) is 5.98. The second-order valence-electron chi connectivity index (χ2n) is 6.99. The Morgan fingerprint density at radius 2 is 1.70 bits per heavy atom. The summed E-state index contributed by atoms with van der Waals surface area (Å²) in [6.45, 7) is 0.839. The largest absolute Gasteiger partial charge is 0.410 e. The van der Waals surface area contributed by atoms with Gasteiger partial charge in [-0.2, -0.15) is 0 Å². The van der Waals surface area contributed by atoms with Crippen molar-refractivity contribution in [2.45, 2.75) is 32.1 Å². The molecule has 0 radical (unpaired) electrons. The molecule has 0 fully saturated rings. The van der Waals surface area contributed by atoms with Gasteiger partial charge in [0.25, 0.3) is 0 Å². The van der Waals surface area contributed by atoms with E-state index in [9.17, 15) is 10.0 Å². The fourth-order valence-corrected chi connectivity index (χ4v) is 3.52. The molecule has 0 saturated heterocycles. The Kier molecular flexibility index (Phi) is 6.42. The van der Waals surface area contributed by atoms with Gasteiger partial charge in [-0.25, -0.2) is 0 Å².